The Hall–Kier alpha value is -2.58. The molecule has 0 spiro atoms. The Bertz CT molecular complexity index is 989. The van der Waals surface area contributed by atoms with Crippen LogP contribution in [0.25, 0.3) is 10.2 Å². The number of nitrogens with one attached hydrogen (secondary N) is 1. The minimum absolute atomic E-state index is 0.0269. The number of hydrogen-bond donors (Lipinski definition) is 2. The molecule has 0 radical (unpaired) electrons. The van der Waals surface area contributed by atoms with E-state index in [1.807, 2.05) is 26.8 Å². The summed E-state index contributed by atoms with van der Waals surface area (Å²) in [7, 11) is 0. The van der Waals surface area contributed by atoms with Gasteiger partial charge in [0, 0.05) is 19.1 Å². The summed E-state index contributed by atoms with van der Waals surface area (Å²) < 4.78 is 13.4. The number of carbonyl (C=O) groups excluding carboxylic acids is 1. The highest BCUT2D eigenvalue weighted by Crippen LogP contribution is 2.34. The minimum atomic E-state index is -0.288. The van der Waals surface area contributed by atoms with E-state index in [1.165, 1.54) is 29.8 Å². The monoisotopic (exact) mass is 402 g/mol. The van der Waals surface area contributed by atoms with Crippen molar-refractivity contribution in [1.82, 2.24) is 14.9 Å². The Morgan fingerprint density at radius 3 is 2.82 bits per heavy atom. The Kier molecular flexibility index (Phi) is 6.21. The van der Waals surface area contributed by atoms with E-state index in [1.54, 1.807) is 11.0 Å². The van der Waals surface area contributed by atoms with E-state index in [-0.39, 0.29) is 30.9 Å². The van der Waals surface area contributed by atoms with Crippen LogP contribution < -0.4 is 5.32 Å². The number of fused-ring (bicyclic) bond motifs is 1. The van der Waals surface area contributed by atoms with Crippen LogP contribution in [0.1, 0.15) is 34.6 Å². The molecule has 0 saturated heterocycles. The van der Waals surface area contributed by atoms with Gasteiger partial charge >= 0.3 is 0 Å². The molecule has 3 rings (SSSR count). The smallest absolute Gasteiger partial charge is 0.264 e. The summed E-state index contributed by atoms with van der Waals surface area (Å²) in [4.78, 5) is 24.6. The number of hydrogen-bond acceptors (Lipinski definition) is 6. The number of anilines is 1. The number of aromatic nitrogens is 2. The molecule has 2 heterocycles. The first-order valence-electron chi connectivity index (χ1n) is 9.06. The van der Waals surface area contributed by atoms with Gasteiger partial charge in [0.05, 0.1) is 16.9 Å². The lowest BCUT2D eigenvalue weighted by Crippen LogP contribution is -2.38. The predicted octanol–water partition coefficient (Wildman–Crippen LogP) is 3.59. The van der Waals surface area contributed by atoms with Crippen LogP contribution in [0.3, 0.4) is 0 Å². The quantitative estimate of drug-likeness (QED) is 0.631. The average Bonchev–Trinajstić information content (AvgIpc) is 3.01. The fourth-order valence-electron chi connectivity index (χ4n) is 3.07. The first-order valence-corrected chi connectivity index (χ1v) is 9.88. The first-order chi connectivity index (χ1) is 13.4. The molecule has 0 aliphatic carbocycles. The molecule has 3 aromatic rings. The molecule has 28 heavy (non-hydrogen) atoms. The molecule has 1 amide bonds. The number of aliphatic hydroxyl groups is 1. The largest absolute Gasteiger partial charge is 0.395 e. The van der Waals surface area contributed by atoms with Crippen molar-refractivity contribution in [2.75, 3.05) is 18.5 Å². The van der Waals surface area contributed by atoms with Gasteiger partial charge < -0.3 is 15.3 Å². The lowest BCUT2D eigenvalue weighted by atomic mass is 10.1. The zero-order valence-electron chi connectivity index (χ0n) is 16.1. The fourth-order valence-corrected chi connectivity index (χ4v) is 4.18. The fraction of sp³-hybridized carbons (Fsp3) is 0.350. The normalized spacial score (nSPS) is 11.2. The van der Waals surface area contributed by atoms with Crippen LogP contribution in [-0.2, 0) is 6.54 Å². The van der Waals surface area contributed by atoms with Crippen LogP contribution in [0, 0.1) is 12.7 Å². The van der Waals surface area contributed by atoms with Crippen molar-refractivity contribution in [3.8, 4) is 0 Å². The van der Waals surface area contributed by atoms with E-state index in [0.717, 1.165) is 16.5 Å². The third kappa shape index (κ3) is 4.13. The predicted molar refractivity (Wildman–Crippen MR) is 109 cm³/mol. The van der Waals surface area contributed by atoms with Crippen LogP contribution in [-0.4, -0.2) is 45.1 Å². The molecule has 1 aromatic carbocycles. The van der Waals surface area contributed by atoms with Crippen molar-refractivity contribution in [3.05, 3.63) is 52.4 Å². The van der Waals surface area contributed by atoms with Gasteiger partial charge in [-0.15, -0.1) is 11.3 Å². The summed E-state index contributed by atoms with van der Waals surface area (Å²) >= 11 is 1.32. The summed E-state index contributed by atoms with van der Waals surface area (Å²) in [6, 6.07) is 6.34. The highest BCUT2D eigenvalue weighted by atomic mass is 32.1. The molecule has 0 bridgehead atoms. The van der Waals surface area contributed by atoms with Gasteiger partial charge in [0.1, 0.15) is 22.8 Å². The second-order valence-electron chi connectivity index (χ2n) is 6.76. The summed E-state index contributed by atoms with van der Waals surface area (Å²) in [5.41, 5.74) is 1.60. The Morgan fingerprint density at radius 1 is 1.36 bits per heavy atom. The first kappa shape index (κ1) is 20.2. The maximum atomic E-state index is 13.4. The molecule has 0 atom stereocenters. The van der Waals surface area contributed by atoms with Crippen LogP contribution in [0.4, 0.5) is 10.2 Å². The van der Waals surface area contributed by atoms with E-state index in [4.69, 9.17) is 0 Å². The number of amides is 1. The summed E-state index contributed by atoms with van der Waals surface area (Å²) in [5.74, 6) is 0.199. The highest BCUT2D eigenvalue weighted by Gasteiger charge is 2.25. The minimum Gasteiger partial charge on any atom is -0.395 e. The molecule has 8 heteroatoms. The van der Waals surface area contributed by atoms with Gasteiger partial charge in [0.2, 0.25) is 0 Å². The average molecular weight is 402 g/mol. The standard InChI is InChI=1S/C20H23FN4O2S/c1-12(2)25(7-8-26)20(27)17-13(3)16-18(23-11-24-19(16)28-17)22-10-14-5-4-6-15(21)9-14/h4-6,9,11-12,26H,7-8,10H2,1-3H3,(H,22,23,24). The van der Waals surface area contributed by atoms with Gasteiger partial charge in [-0.2, -0.15) is 0 Å². The number of benzene rings is 1. The molecule has 0 saturated carbocycles. The molecule has 0 unspecified atom stereocenters. The second kappa shape index (κ2) is 8.62. The summed E-state index contributed by atoms with van der Waals surface area (Å²) in [6.07, 6.45) is 1.45. The van der Waals surface area contributed by atoms with Gasteiger partial charge in [-0.05, 0) is 44.0 Å². The number of aliphatic hydroxyl groups excluding tert-OH is 1. The maximum Gasteiger partial charge on any atom is 0.264 e. The lowest BCUT2D eigenvalue weighted by Gasteiger charge is -2.25. The third-order valence-corrected chi connectivity index (χ3v) is 5.68. The highest BCUT2D eigenvalue weighted by molar-refractivity contribution is 7.20. The number of carbonyl (C=O) groups is 1. The SMILES string of the molecule is Cc1c(C(=O)N(CCO)C(C)C)sc2ncnc(NCc3cccc(F)c3)c12. The van der Waals surface area contributed by atoms with E-state index in [0.29, 0.717) is 22.1 Å². The number of rotatable bonds is 7. The van der Waals surface area contributed by atoms with Crippen LogP contribution in [0.15, 0.2) is 30.6 Å². The molecule has 148 valence electrons. The summed E-state index contributed by atoms with van der Waals surface area (Å²) in [5, 5.41) is 13.3. The number of halogens is 1. The van der Waals surface area contributed by atoms with E-state index < -0.39 is 0 Å². The van der Waals surface area contributed by atoms with Gasteiger partial charge in [-0.1, -0.05) is 12.1 Å². The van der Waals surface area contributed by atoms with Crippen molar-refractivity contribution >= 4 is 33.3 Å². The number of aryl methyl sites for hydroxylation is 1. The van der Waals surface area contributed by atoms with Crippen LogP contribution in [0.2, 0.25) is 0 Å². The van der Waals surface area contributed by atoms with E-state index in [9.17, 15) is 14.3 Å². The Balaban J connectivity index is 1.93. The van der Waals surface area contributed by atoms with Crippen molar-refractivity contribution in [2.24, 2.45) is 0 Å². The van der Waals surface area contributed by atoms with Crippen molar-refractivity contribution in [2.45, 2.75) is 33.4 Å². The zero-order valence-corrected chi connectivity index (χ0v) is 16.9. The lowest BCUT2D eigenvalue weighted by molar-refractivity contribution is 0.0670. The molecular formula is C20H23FN4O2S. The van der Waals surface area contributed by atoms with Crippen molar-refractivity contribution in [3.63, 3.8) is 0 Å². The Labute approximate surface area is 167 Å². The number of nitrogens with zero attached hydrogens (tertiary/aromatic N) is 3. The molecule has 0 fully saturated rings. The summed E-state index contributed by atoms with van der Waals surface area (Å²) in [6.45, 7) is 6.31. The molecule has 0 aliphatic rings. The Morgan fingerprint density at radius 2 is 2.14 bits per heavy atom. The van der Waals surface area contributed by atoms with Gasteiger partial charge in [-0.25, -0.2) is 14.4 Å². The molecular weight excluding hydrogens is 379 g/mol. The van der Waals surface area contributed by atoms with Gasteiger partial charge in [-0.3, -0.25) is 4.79 Å². The topological polar surface area (TPSA) is 78.4 Å². The van der Waals surface area contributed by atoms with Gasteiger partial charge in [0.25, 0.3) is 5.91 Å². The van der Waals surface area contributed by atoms with Crippen LogP contribution >= 0.6 is 11.3 Å². The molecule has 6 nitrogen and oxygen atoms in total. The molecule has 2 aromatic heterocycles. The third-order valence-electron chi connectivity index (χ3n) is 4.50. The molecule has 2 N–H and O–H groups in total. The van der Waals surface area contributed by atoms with Crippen molar-refractivity contribution < 1.29 is 14.3 Å². The van der Waals surface area contributed by atoms with Gasteiger partial charge in [0.15, 0.2) is 0 Å². The number of thiophene rings is 1. The maximum absolute atomic E-state index is 13.4. The van der Waals surface area contributed by atoms with Crippen LogP contribution in [0.5, 0.6) is 0 Å². The zero-order chi connectivity index (χ0) is 20.3. The van der Waals surface area contributed by atoms with E-state index in [2.05, 4.69) is 15.3 Å². The van der Waals surface area contributed by atoms with Crippen molar-refractivity contribution in [1.29, 1.82) is 0 Å². The van der Waals surface area contributed by atoms with E-state index >= 15 is 0 Å². The second-order valence-corrected chi connectivity index (χ2v) is 7.76. The molecule has 0 aliphatic heterocycles.